The number of hydrogen-bond acceptors (Lipinski definition) is 12. The van der Waals surface area contributed by atoms with E-state index in [2.05, 4.69) is 56.8 Å². The number of allylic oxidation sites excluding steroid dienone is 4. The molecule has 8 aliphatic carbocycles. The van der Waals surface area contributed by atoms with Gasteiger partial charge in [0.05, 0.1) is 77.9 Å². The molecule has 4 aromatic carbocycles. The van der Waals surface area contributed by atoms with Gasteiger partial charge in [-0.05, 0) is 285 Å². The van der Waals surface area contributed by atoms with Crippen molar-refractivity contribution in [2.24, 2.45) is 0 Å². The molecule has 4 fully saturated rings. The van der Waals surface area contributed by atoms with Gasteiger partial charge >= 0.3 is 17.9 Å². The van der Waals surface area contributed by atoms with Gasteiger partial charge < -0.3 is 14.6 Å². The zero-order valence-electron chi connectivity index (χ0n) is 65.7. The highest BCUT2D eigenvalue weighted by Gasteiger charge is 2.49. The number of halogens is 12. The number of amides is 1. The Morgan fingerprint density at radius 3 is 1.04 bits per heavy atom. The lowest BCUT2D eigenvalue weighted by atomic mass is 9.77. The van der Waals surface area contributed by atoms with E-state index in [1.54, 1.807) is 81.7 Å². The van der Waals surface area contributed by atoms with E-state index in [0.29, 0.717) is 129 Å². The lowest BCUT2D eigenvalue weighted by Crippen LogP contribution is -2.41. The maximum absolute atomic E-state index is 14.2. The van der Waals surface area contributed by atoms with Crippen LogP contribution in [0.15, 0.2) is 173 Å². The minimum Gasteiger partial charge on any atom is -0.480 e. The Balaban J connectivity index is 0.000000135. The second kappa shape index (κ2) is 36.7. The highest BCUT2D eigenvalue weighted by molar-refractivity contribution is 9.10. The highest BCUT2D eigenvalue weighted by atomic mass is 79.9. The number of pyridine rings is 5. The third kappa shape index (κ3) is 18.9. The van der Waals surface area contributed by atoms with Gasteiger partial charge in [0.25, 0.3) is 5.91 Å². The van der Waals surface area contributed by atoms with E-state index in [4.69, 9.17) is 21.1 Å². The molecule has 0 saturated heterocycles. The van der Waals surface area contributed by atoms with E-state index in [-0.39, 0.29) is 28.6 Å². The monoisotopic (exact) mass is 1770 g/mol. The molecule has 9 aromatic rings. The molecule has 0 bridgehead atoms. The second-order valence-electron chi connectivity index (χ2n) is 31.1. The summed E-state index contributed by atoms with van der Waals surface area (Å²) in [6.07, 6.45) is 26.0. The Morgan fingerprint density at radius 2 is 0.712 bits per heavy atom. The van der Waals surface area contributed by atoms with Crippen LogP contribution in [0.2, 0.25) is 5.15 Å². The molecule has 26 heteroatoms. The average molecular weight is 1770 g/mol. The number of rotatable bonds is 15. The van der Waals surface area contributed by atoms with Crippen molar-refractivity contribution in [2.45, 2.75) is 183 Å². The molecule has 118 heavy (non-hydrogen) atoms. The quantitative estimate of drug-likeness (QED) is 0.0219. The first-order chi connectivity index (χ1) is 56.3. The molecule has 0 aliphatic heterocycles. The summed E-state index contributed by atoms with van der Waals surface area (Å²) in [5.74, 6) is -4.21. The minimum atomic E-state index is -1.30. The molecule has 4 atom stereocenters. The van der Waals surface area contributed by atoms with E-state index in [0.717, 1.165) is 106 Å². The molecule has 1 amide bonds. The molecular weight excluding hydrogens is 1680 g/mol. The average Bonchev–Trinajstić information content (AvgIpc) is 1.60. The van der Waals surface area contributed by atoms with Crippen LogP contribution in [-0.2, 0) is 50.3 Å². The number of nitrogens with one attached hydrogen (secondary N) is 1. The predicted molar refractivity (Wildman–Crippen MR) is 437 cm³/mol. The lowest BCUT2D eigenvalue weighted by Gasteiger charge is -2.27. The fourth-order valence-corrected chi connectivity index (χ4v) is 17.4. The van der Waals surface area contributed by atoms with Gasteiger partial charge in [0.1, 0.15) is 73.8 Å². The summed E-state index contributed by atoms with van der Waals surface area (Å²) < 4.78 is 134. The van der Waals surface area contributed by atoms with Gasteiger partial charge in [-0.1, -0.05) is 90.0 Å². The van der Waals surface area contributed by atoms with E-state index >= 15 is 0 Å². The van der Waals surface area contributed by atoms with Crippen molar-refractivity contribution >= 4 is 84.0 Å². The topological polar surface area (TPSA) is 204 Å². The van der Waals surface area contributed by atoms with Gasteiger partial charge in [-0.2, -0.15) is 0 Å². The lowest BCUT2D eigenvalue weighted by molar-refractivity contribution is -0.146. The summed E-state index contributed by atoms with van der Waals surface area (Å²) in [4.78, 5) is 70.2. The first kappa shape index (κ1) is 87.4. The van der Waals surface area contributed by atoms with Crippen molar-refractivity contribution in [3.63, 3.8) is 0 Å². The number of aromatic nitrogens is 5. The summed E-state index contributed by atoms with van der Waals surface area (Å²) in [5.41, 5.74) is 10.6. The molecule has 8 aliphatic rings. The van der Waals surface area contributed by atoms with Gasteiger partial charge in [-0.15, -0.1) is 0 Å². The summed E-state index contributed by atoms with van der Waals surface area (Å²) in [6, 6.07) is 25.9. The molecule has 5 heterocycles. The smallest absolute Gasteiger partial charge is 0.320 e. The number of carbonyl (C=O) groups excluding carboxylic acids is 3. The number of benzene rings is 4. The molecular formula is C92H86Br2ClF9N6O8. The summed E-state index contributed by atoms with van der Waals surface area (Å²) in [5, 5.41) is 19.6. The van der Waals surface area contributed by atoms with Gasteiger partial charge in [0.2, 0.25) is 0 Å². The normalized spacial score (nSPS) is 20.7. The molecule has 0 unspecified atom stereocenters. The third-order valence-electron chi connectivity index (χ3n) is 23.2. The summed E-state index contributed by atoms with van der Waals surface area (Å²) in [7, 11) is 2.71. The van der Waals surface area contributed by atoms with Crippen LogP contribution in [0.1, 0.15) is 217 Å². The Morgan fingerprint density at radius 1 is 0.415 bits per heavy atom. The van der Waals surface area contributed by atoms with Gasteiger partial charge in [-0.3, -0.25) is 44.3 Å². The highest BCUT2D eigenvalue weighted by Crippen LogP contribution is 2.53. The molecule has 0 radical (unpaired) electrons. The largest absolute Gasteiger partial charge is 0.480 e. The Kier molecular flexibility index (Phi) is 27.2. The van der Waals surface area contributed by atoms with E-state index in [1.807, 2.05) is 25.1 Å². The number of aliphatic carboxylic acids is 1. The fraction of sp³-hybridized carbons (Fsp3) is 0.337. The zero-order chi connectivity index (χ0) is 84.9. The van der Waals surface area contributed by atoms with Gasteiger partial charge in [-0.25, -0.2) is 50.0 Å². The van der Waals surface area contributed by atoms with Crippen LogP contribution in [-0.4, -0.2) is 73.3 Å². The maximum Gasteiger partial charge on any atom is 0.320 e. The zero-order valence-corrected chi connectivity index (χ0v) is 69.7. The van der Waals surface area contributed by atoms with Crippen molar-refractivity contribution in [3.8, 4) is 0 Å². The SMILES string of the molecule is COC(=O)[C@]1(c2cccc(F)c2C)C=C(C)CC1.COC(=O)[C@]1(c2cccc(F)c2C)C=C(c2cc(F)cnc2C2CC2)CC1.Cc1c(F)cccc1[C@@]1(C(=O)NO)C=C(c2cc(F)cnc2C2CC2)CC1.Cc1c(F)cccc1[C@@]1(C(=O)O)C=C(c2cc(F)cnc2C2CC2)CC1.Fc1cnc(C2CC2)c(Br)c1.Fc1cnc(Cl)c(Br)c1. The number of esters is 2. The molecule has 5 aromatic heterocycles. The minimum absolute atomic E-state index is 0.274. The summed E-state index contributed by atoms with van der Waals surface area (Å²) in [6.45, 7) is 8.57. The molecule has 4 saturated carbocycles. The van der Waals surface area contributed by atoms with Crippen LogP contribution < -0.4 is 5.48 Å². The molecule has 14 nitrogen and oxygen atoms in total. The number of nitrogens with zero attached hydrogens (tertiary/aromatic N) is 5. The van der Waals surface area contributed by atoms with E-state index in [1.165, 1.54) is 113 Å². The van der Waals surface area contributed by atoms with Crippen molar-refractivity contribution in [1.29, 1.82) is 0 Å². The van der Waals surface area contributed by atoms with Crippen LogP contribution in [0.5, 0.6) is 0 Å². The Labute approximate surface area is 699 Å². The number of methoxy groups -OCH3 is 2. The van der Waals surface area contributed by atoms with Crippen LogP contribution >= 0.6 is 43.5 Å². The van der Waals surface area contributed by atoms with Gasteiger partial charge in [0.15, 0.2) is 0 Å². The summed E-state index contributed by atoms with van der Waals surface area (Å²) >= 11 is 11.8. The van der Waals surface area contributed by atoms with Crippen LogP contribution in [0.3, 0.4) is 0 Å². The predicted octanol–water partition coefficient (Wildman–Crippen LogP) is 22.5. The standard InChI is InChI=1S/C22H21F2NO2.C21H20F2N2O2.C21H19F2NO2.C15H17FO2.C8H7BrFN.C5H2BrClFN/c1-13-18(4-3-5-19(13)24)22(21(26)27-2)9-8-15(11-22)17-10-16(23)12-25-20(17)14-6-7-14;1-12-17(3-2-4-18(12)23)21(20(26)25-27)8-7-14(10-21)16-9-15(22)11-24-19(16)13-5-6-13;1-12-17(3-2-4-18(12)23)21(20(25)26)8-7-14(10-21)16-9-15(22)11-24-19(16)13-5-6-13;1-10-7-8-15(9-10,14(17)18-3)12-5-4-6-13(16)11(12)2;9-7-3-6(10)4-11-8(7)5-1-2-5;6-4-1-3(8)2-9-5(4)7/h3-5,10-12,14H,6-9H2,1-2H3;2-4,9-11,13,27H,5-8H2,1H3,(H,25,26);2-4,9-11,13H,5-8H2,1H3,(H,25,26);4-6,9H,7-8H2,1-3H3;3-5H,1-2H2;1-2H/t22-;2*21-;15-;;/m0000../s1. The van der Waals surface area contributed by atoms with E-state index in [9.17, 15) is 69.0 Å². The van der Waals surface area contributed by atoms with Crippen LogP contribution in [0, 0.1) is 80.0 Å². The molecule has 17 rings (SSSR count). The molecule has 616 valence electrons. The number of carboxylic acids is 1. The number of ether oxygens (including phenoxy) is 2. The Hall–Kier alpha value is -9.95. The molecule has 0 spiro atoms. The second-order valence-corrected chi connectivity index (χ2v) is 33.1. The van der Waals surface area contributed by atoms with Crippen molar-refractivity contribution < 1.29 is 78.5 Å². The third-order valence-corrected chi connectivity index (χ3v) is 24.9. The van der Waals surface area contributed by atoms with Gasteiger partial charge in [0, 0.05) is 44.8 Å². The Bertz CT molecular complexity index is 5370. The van der Waals surface area contributed by atoms with Crippen molar-refractivity contribution in [3.05, 3.63) is 314 Å². The maximum atomic E-state index is 14.2. The fourth-order valence-electron chi connectivity index (χ4n) is 16.4. The first-order valence-corrected chi connectivity index (χ1v) is 40.7. The number of carboxylic acid groups (broad SMARTS) is 1. The van der Waals surface area contributed by atoms with Crippen LogP contribution in [0.25, 0.3) is 16.7 Å². The van der Waals surface area contributed by atoms with Crippen molar-refractivity contribution in [2.75, 3.05) is 14.2 Å². The number of carbonyl (C=O) groups is 4. The van der Waals surface area contributed by atoms with Crippen LogP contribution in [0.4, 0.5) is 39.5 Å². The first-order valence-electron chi connectivity index (χ1n) is 38.8. The van der Waals surface area contributed by atoms with Crippen molar-refractivity contribution in [1.82, 2.24) is 30.4 Å². The number of hydroxylamine groups is 1. The van der Waals surface area contributed by atoms with E-state index < -0.39 is 74.4 Å². The molecule has 3 N–H and O–H groups in total. The number of hydrogen-bond donors (Lipinski definition) is 3.